The number of hydrogen-bond donors (Lipinski definition) is 2. The number of para-hydroxylation sites is 1. The van der Waals surface area contributed by atoms with Crippen LogP contribution >= 0.6 is 0 Å². The third-order valence-electron chi connectivity index (χ3n) is 4.13. The zero-order chi connectivity index (χ0) is 20.1. The van der Waals surface area contributed by atoms with Crippen LogP contribution in [0.15, 0.2) is 51.8 Å². The average Bonchev–Trinajstić information content (AvgIpc) is 2.67. The lowest BCUT2D eigenvalue weighted by atomic mass is 10.2. The van der Waals surface area contributed by atoms with Gasteiger partial charge in [-0.2, -0.15) is 8.42 Å². The molecule has 0 aliphatic carbocycles. The van der Waals surface area contributed by atoms with E-state index < -0.39 is 10.0 Å². The number of nitrogens with zero attached hydrogens (tertiary/aromatic N) is 1. The zero-order valence-corrected chi connectivity index (χ0v) is 16.4. The lowest BCUT2D eigenvalue weighted by Gasteiger charge is -2.17. The fourth-order valence-corrected chi connectivity index (χ4v) is 3.97. The summed E-state index contributed by atoms with van der Waals surface area (Å²) in [6.45, 7) is 0. The SMILES string of the molecule is COc1cc(NC(=O)CCCC2=NS(=O)(=O)c3ccccc3N2)cc(OC)c1. The highest BCUT2D eigenvalue weighted by Gasteiger charge is 2.23. The molecule has 28 heavy (non-hydrogen) atoms. The Morgan fingerprint density at radius 3 is 2.46 bits per heavy atom. The summed E-state index contributed by atoms with van der Waals surface area (Å²) in [6.07, 6.45) is 0.987. The summed E-state index contributed by atoms with van der Waals surface area (Å²) in [5, 5.41) is 5.80. The van der Waals surface area contributed by atoms with E-state index in [9.17, 15) is 13.2 Å². The van der Waals surface area contributed by atoms with Crippen LogP contribution in [0.4, 0.5) is 11.4 Å². The van der Waals surface area contributed by atoms with Crippen LogP contribution in [0.25, 0.3) is 0 Å². The van der Waals surface area contributed by atoms with Crippen LogP contribution < -0.4 is 20.1 Å². The van der Waals surface area contributed by atoms with Crippen molar-refractivity contribution >= 4 is 33.1 Å². The molecule has 1 aliphatic rings. The smallest absolute Gasteiger partial charge is 0.286 e. The number of benzene rings is 2. The van der Waals surface area contributed by atoms with E-state index in [1.54, 1.807) is 36.4 Å². The fourth-order valence-electron chi connectivity index (χ4n) is 2.79. The molecular weight excluding hydrogens is 382 g/mol. The van der Waals surface area contributed by atoms with Crippen molar-refractivity contribution in [2.24, 2.45) is 4.40 Å². The number of nitrogens with one attached hydrogen (secondary N) is 2. The summed E-state index contributed by atoms with van der Waals surface area (Å²) in [6, 6.07) is 11.7. The number of sulfonamides is 1. The molecule has 0 atom stereocenters. The van der Waals surface area contributed by atoms with Crippen LogP contribution in [0.1, 0.15) is 19.3 Å². The molecule has 0 bridgehead atoms. The molecule has 0 unspecified atom stereocenters. The van der Waals surface area contributed by atoms with Crippen LogP contribution in [-0.2, 0) is 14.8 Å². The number of carbonyl (C=O) groups is 1. The largest absolute Gasteiger partial charge is 0.497 e. The van der Waals surface area contributed by atoms with E-state index in [1.165, 1.54) is 20.3 Å². The summed E-state index contributed by atoms with van der Waals surface area (Å²) in [7, 11) is -0.644. The van der Waals surface area contributed by atoms with Gasteiger partial charge in [-0.3, -0.25) is 4.79 Å². The average molecular weight is 403 g/mol. The predicted octanol–water partition coefficient (Wildman–Crippen LogP) is 3.03. The molecular formula is C19H21N3O5S. The van der Waals surface area contributed by atoms with Gasteiger partial charge in [-0.25, -0.2) is 0 Å². The van der Waals surface area contributed by atoms with Gasteiger partial charge < -0.3 is 20.1 Å². The van der Waals surface area contributed by atoms with Crippen molar-refractivity contribution in [3.05, 3.63) is 42.5 Å². The number of anilines is 2. The second kappa shape index (κ2) is 8.30. The highest BCUT2D eigenvalue weighted by atomic mass is 32.2. The topological polar surface area (TPSA) is 106 Å². The Kier molecular flexibility index (Phi) is 5.84. The van der Waals surface area contributed by atoms with Crippen molar-refractivity contribution in [3.63, 3.8) is 0 Å². The van der Waals surface area contributed by atoms with E-state index in [0.29, 0.717) is 41.6 Å². The monoisotopic (exact) mass is 403 g/mol. The lowest BCUT2D eigenvalue weighted by Crippen LogP contribution is -2.22. The Bertz CT molecular complexity index is 996. The molecule has 2 aromatic carbocycles. The van der Waals surface area contributed by atoms with E-state index in [-0.39, 0.29) is 17.2 Å². The molecule has 8 nitrogen and oxygen atoms in total. The first kappa shape index (κ1) is 19.7. The van der Waals surface area contributed by atoms with E-state index >= 15 is 0 Å². The Hall–Kier alpha value is -3.07. The molecule has 148 valence electrons. The maximum atomic E-state index is 12.2. The van der Waals surface area contributed by atoms with Gasteiger partial charge >= 0.3 is 0 Å². The van der Waals surface area contributed by atoms with Crippen molar-refractivity contribution in [1.82, 2.24) is 0 Å². The summed E-state index contributed by atoms with van der Waals surface area (Å²) in [4.78, 5) is 12.4. The molecule has 0 spiro atoms. The van der Waals surface area contributed by atoms with Crippen LogP contribution in [0.2, 0.25) is 0 Å². The van der Waals surface area contributed by atoms with Gasteiger partial charge in [0.05, 0.1) is 19.9 Å². The van der Waals surface area contributed by atoms with E-state index in [4.69, 9.17) is 9.47 Å². The first-order chi connectivity index (χ1) is 13.4. The van der Waals surface area contributed by atoms with Crippen molar-refractivity contribution in [1.29, 1.82) is 0 Å². The van der Waals surface area contributed by atoms with Crippen LogP contribution in [0, 0.1) is 0 Å². The van der Waals surface area contributed by atoms with Crippen LogP contribution in [-0.4, -0.2) is 34.4 Å². The highest BCUT2D eigenvalue weighted by molar-refractivity contribution is 7.90. The van der Waals surface area contributed by atoms with Gasteiger partial charge in [0.15, 0.2) is 0 Å². The molecule has 1 aliphatic heterocycles. The maximum Gasteiger partial charge on any atom is 0.286 e. The molecule has 2 aromatic rings. The van der Waals surface area contributed by atoms with Crippen LogP contribution in [0.5, 0.6) is 11.5 Å². The van der Waals surface area contributed by atoms with Gasteiger partial charge in [-0.1, -0.05) is 12.1 Å². The minimum Gasteiger partial charge on any atom is -0.497 e. The fraction of sp³-hybridized carbons (Fsp3) is 0.263. The van der Waals surface area contributed by atoms with Gasteiger partial charge in [0.2, 0.25) is 5.91 Å². The molecule has 1 heterocycles. The van der Waals surface area contributed by atoms with Gasteiger partial charge in [0.25, 0.3) is 10.0 Å². The summed E-state index contributed by atoms with van der Waals surface area (Å²) < 4.78 is 38.6. The number of carbonyl (C=O) groups excluding carboxylic acids is 1. The molecule has 0 radical (unpaired) electrons. The molecule has 0 aromatic heterocycles. The number of hydrogen-bond acceptors (Lipinski definition) is 6. The Balaban J connectivity index is 1.57. The minimum absolute atomic E-state index is 0.156. The van der Waals surface area contributed by atoms with Crippen molar-refractivity contribution in [2.45, 2.75) is 24.2 Å². The quantitative estimate of drug-likeness (QED) is 0.736. The third kappa shape index (κ3) is 4.61. The van der Waals surface area contributed by atoms with Crippen molar-refractivity contribution in [2.75, 3.05) is 24.9 Å². The van der Waals surface area contributed by atoms with Crippen molar-refractivity contribution < 1.29 is 22.7 Å². The molecule has 0 fully saturated rings. The first-order valence-corrected chi connectivity index (χ1v) is 10.1. The second-order valence-corrected chi connectivity index (χ2v) is 7.71. The van der Waals surface area contributed by atoms with E-state index in [1.807, 2.05) is 0 Å². The van der Waals surface area contributed by atoms with Crippen LogP contribution in [0.3, 0.4) is 0 Å². The Morgan fingerprint density at radius 1 is 1.11 bits per heavy atom. The zero-order valence-electron chi connectivity index (χ0n) is 15.6. The van der Waals surface area contributed by atoms with E-state index in [2.05, 4.69) is 15.0 Å². The number of amidine groups is 1. The molecule has 2 N–H and O–H groups in total. The molecule has 3 rings (SSSR count). The normalized spacial score (nSPS) is 14.3. The van der Waals surface area contributed by atoms with Gasteiger partial charge in [-0.05, 0) is 18.6 Å². The van der Waals surface area contributed by atoms with Gasteiger partial charge in [0.1, 0.15) is 22.2 Å². The number of fused-ring (bicyclic) bond motifs is 1. The maximum absolute atomic E-state index is 12.2. The summed E-state index contributed by atoms with van der Waals surface area (Å²) >= 11 is 0. The Morgan fingerprint density at radius 2 is 1.79 bits per heavy atom. The molecule has 0 saturated carbocycles. The lowest BCUT2D eigenvalue weighted by molar-refractivity contribution is -0.116. The number of amides is 1. The van der Waals surface area contributed by atoms with E-state index in [0.717, 1.165) is 0 Å². The number of methoxy groups -OCH3 is 2. The minimum atomic E-state index is -3.71. The van der Waals surface area contributed by atoms with Gasteiger partial charge in [-0.15, -0.1) is 4.40 Å². The number of ether oxygens (including phenoxy) is 2. The van der Waals surface area contributed by atoms with Crippen molar-refractivity contribution in [3.8, 4) is 11.5 Å². The third-order valence-corrected chi connectivity index (χ3v) is 5.50. The summed E-state index contributed by atoms with van der Waals surface area (Å²) in [5.74, 6) is 1.27. The molecule has 9 heteroatoms. The van der Waals surface area contributed by atoms with Gasteiger partial charge in [0, 0.05) is 36.7 Å². The second-order valence-electron chi connectivity index (χ2n) is 6.14. The molecule has 0 saturated heterocycles. The molecule has 1 amide bonds. The highest BCUT2D eigenvalue weighted by Crippen LogP contribution is 2.28. The first-order valence-electron chi connectivity index (χ1n) is 8.64. The standard InChI is InChI=1S/C19H21N3O5S/c1-26-14-10-13(11-15(12-14)27-2)20-19(23)9-5-8-18-21-16-6-3-4-7-17(16)28(24,25)22-18/h3-4,6-7,10-12H,5,8-9H2,1-2H3,(H,20,23)(H,21,22). The predicted molar refractivity (Wildman–Crippen MR) is 107 cm³/mol. The number of rotatable bonds is 7. The summed E-state index contributed by atoms with van der Waals surface area (Å²) in [5.41, 5.74) is 1.06. The Labute approximate surface area is 163 Å².